The number of nitrogens with one attached hydrogen (secondary N) is 1. The average molecular weight is 333 g/mol. The fourth-order valence-corrected chi connectivity index (χ4v) is 2.50. The largest absolute Gasteiger partial charge is 0.348 e. The van der Waals surface area contributed by atoms with Crippen molar-refractivity contribution in [1.82, 2.24) is 5.32 Å². The monoisotopic (exact) mass is 333 g/mol. The van der Waals surface area contributed by atoms with Crippen LogP contribution < -0.4 is 5.32 Å². The van der Waals surface area contributed by atoms with Gasteiger partial charge < -0.3 is 5.32 Å². The van der Waals surface area contributed by atoms with Crippen LogP contribution in [-0.4, -0.2) is 11.7 Å². The summed E-state index contributed by atoms with van der Waals surface area (Å²) in [6.45, 7) is 0.257. The second-order valence-corrected chi connectivity index (χ2v) is 5.55. The lowest BCUT2D eigenvalue weighted by molar-refractivity contribution is 0.0939. The summed E-state index contributed by atoms with van der Waals surface area (Å²) >= 11 is 0. The molecule has 3 rings (SSSR count). The summed E-state index contributed by atoms with van der Waals surface area (Å²) in [4.78, 5) is 25.2. The molecule has 3 aromatic rings. The number of carbonyl (C=O) groups is 2. The number of hydrogen-bond acceptors (Lipinski definition) is 2. The lowest BCUT2D eigenvalue weighted by atomic mass is 9.98. The molecule has 0 atom stereocenters. The first-order chi connectivity index (χ1) is 12.1. The van der Waals surface area contributed by atoms with Crippen molar-refractivity contribution in [3.8, 4) is 0 Å². The van der Waals surface area contributed by atoms with Crippen molar-refractivity contribution in [2.45, 2.75) is 6.54 Å². The molecular formula is C21H16FNO2. The molecular weight excluding hydrogens is 317 g/mol. The van der Waals surface area contributed by atoms with Crippen LogP contribution in [0.2, 0.25) is 0 Å². The molecule has 0 saturated carbocycles. The van der Waals surface area contributed by atoms with Crippen molar-refractivity contribution < 1.29 is 14.0 Å². The Bertz CT molecular complexity index is 889. The first kappa shape index (κ1) is 16.6. The van der Waals surface area contributed by atoms with Crippen molar-refractivity contribution in [1.29, 1.82) is 0 Å². The fourth-order valence-electron chi connectivity index (χ4n) is 2.50. The number of hydrogen-bond donors (Lipinski definition) is 1. The predicted molar refractivity (Wildman–Crippen MR) is 93.9 cm³/mol. The molecule has 0 saturated heterocycles. The van der Waals surface area contributed by atoms with E-state index in [0.29, 0.717) is 16.7 Å². The van der Waals surface area contributed by atoms with Gasteiger partial charge in [0.25, 0.3) is 5.91 Å². The Morgan fingerprint density at radius 2 is 1.36 bits per heavy atom. The van der Waals surface area contributed by atoms with Crippen LogP contribution in [0.1, 0.15) is 31.8 Å². The van der Waals surface area contributed by atoms with Crippen LogP contribution in [-0.2, 0) is 6.54 Å². The Labute approximate surface area is 145 Å². The Morgan fingerprint density at radius 3 is 2.04 bits per heavy atom. The molecule has 124 valence electrons. The highest BCUT2D eigenvalue weighted by Gasteiger charge is 2.17. The molecule has 0 fully saturated rings. The van der Waals surface area contributed by atoms with Crippen molar-refractivity contribution >= 4 is 11.7 Å². The van der Waals surface area contributed by atoms with Gasteiger partial charge in [-0.05, 0) is 23.8 Å². The van der Waals surface area contributed by atoms with E-state index in [0.717, 1.165) is 5.56 Å². The van der Waals surface area contributed by atoms with E-state index < -0.39 is 0 Å². The topological polar surface area (TPSA) is 46.2 Å². The molecule has 0 aliphatic carbocycles. The molecule has 1 N–H and O–H groups in total. The number of halogens is 1. The zero-order chi connectivity index (χ0) is 17.6. The third kappa shape index (κ3) is 3.98. The quantitative estimate of drug-likeness (QED) is 0.718. The molecule has 0 bridgehead atoms. The lowest BCUT2D eigenvalue weighted by Crippen LogP contribution is -2.25. The summed E-state index contributed by atoms with van der Waals surface area (Å²) in [5, 5.41) is 2.77. The van der Waals surface area contributed by atoms with Gasteiger partial charge in [-0.25, -0.2) is 4.39 Å². The molecule has 3 aromatic carbocycles. The van der Waals surface area contributed by atoms with Gasteiger partial charge in [0.2, 0.25) is 0 Å². The molecule has 0 aliphatic rings. The number of benzene rings is 3. The summed E-state index contributed by atoms with van der Waals surface area (Å²) < 4.78 is 12.9. The molecule has 0 heterocycles. The molecule has 3 nitrogen and oxygen atoms in total. The summed E-state index contributed by atoms with van der Waals surface area (Å²) in [7, 11) is 0. The van der Waals surface area contributed by atoms with E-state index in [1.807, 2.05) is 6.07 Å². The van der Waals surface area contributed by atoms with Gasteiger partial charge in [-0.15, -0.1) is 0 Å². The standard InChI is InChI=1S/C21H16FNO2/c22-17-12-10-15(11-13-17)14-23-21(25)19-9-5-4-8-18(19)20(24)16-6-2-1-3-7-16/h1-13H,14H2,(H,23,25). The smallest absolute Gasteiger partial charge is 0.252 e. The van der Waals surface area contributed by atoms with E-state index in [-0.39, 0.29) is 24.1 Å². The minimum Gasteiger partial charge on any atom is -0.348 e. The summed E-state index contributed by atoms with van der Waals surface area (Å²) in [6.07, 6.45) is 0. The third-order valence-corrected chi connectivity index (χ3v) is 3.82. The minimum atomic E-state index is -0.343. The van der Waals surface area contributed by atoms with Crippen molar-refractivity contribution in [3.63, 3.8) is 0 Å². The van der Waals surface area contributed by atoms with Crippen LogP contribution in [0.5, 0.6) is 0 Å². The SMILES string of the molecule is O=C(NCc1ccc(F)cc1)c1ccccc1C(=O)c1ccccc1. The summed E-state index contributed by atoms with van der Waals surface area (Å²) in [5.41, 5.74) is 1.98. The predicted octanol–water partition coefficient (Wildman–Crippen LogP) is 3.99. The first-order valence-electron chi connectivity index (χ1n) is 7.86. The normalized spacial score (nSPS) is 10.3. The highest BCUT2D eigenvalue weighted by Crippen LogP contribution is 2.15. The molecule has 0 spiro atoms. The molecule has 0 radical (unpaired) electrons. The van der Waals surface area contributed by atoms with Crippen molar-refractivity contribution in [2.24, 2.45) is 0 Å². The Kier molecular flexibility index (Phi) is 5.00. The molecule has 0 aliphatic heterocycles. The minimum absolute atomic E-state index is 0.201. The second-order valence-electron chi connectivity index (χ2n) is 5.55. The van der Waals surface area contributed by atoms with Gasteiger partial charge in [-0.3, -0.25) is 9.59 Å². The second kappa shape index (κ2) is 7.53. The van der Waals surface area contributed by atoms with E-state index in [1.54, 1.807) is 60.7 Å². The van der Waals surface area contributed by atoms with E-state index in [2.05, 4.69) is 5.32 Å². The highest BCUT2D eigenvalue weighted by molar-refractivity contribution is 6.15. The highest BCUT2D eigenvalue weighted by atomic mass is 19.1. The molecule has 0 aromatic heterocycles. The fraction of sp³-hybridized carbons (Fsp3) is 0.0476. The maximum atomic E-state index is 12.9. The van der Waals surface area contributed by atoms with Gasteiger partial charge in [0.05, 0.1) is 5.56 Å². The number of amides is 1. The average Bonchev–Trinajstić information content (AvgIpc) is 2.67. The van der Waals surface area contributed by atoms with Crippen molar-refractivity contribution in [3.05, 3.63) is 107 Å². The zero-order valence-corrected chi connectivity index (χ0v) is 13.4. The van der Waals surface area contributed by atoms with Crippen LogP contribution in [0.4, 0.5) is 4.39 Å². The van der Waals surface area contributed by atoms with Gasteiger partial charge in [0.15, 0.2) is 5.78 Å². The molecule has 0 unspecified atom stereocenters. The zero-order valence-electron chi connectivity index (χ0n) is 13.4. The van der Waals surface area contributed by atoms with Crippen molar-refractivity contribution in [2.75, 3.05) is 0 Å². The Hall–Kier alpha value is -3.27. The van der Waals surface area contributed by atoms with Crippen LogP contribution >= 0.6 is 0 Å². The molecule has 4 heteroatoms. The Morgan fingerprint density at radius 1 is 0.760 bits per heavy atom. The van der Waals surface area contributed by atoms with Crippen LogP contribution in [0.3, 0.4) is 0 Å². The van der Waals surface area contributed by atoms with E-state index in [1.165, 1.54) is 12.1 Å². The van der Waals surface area contributed by atoms with Gasteiger partial charge in [0.1, 0.15) is 5.82 Å². The first-order valence-corrected chi connectivity index (χ1v) is 7.86. The van der Waals surface area contributed by atoms with Gasteiger partial charge in [0, 0.05) is 17.7 Å². The summed E-state index contributed by atoms with van der Waals surface area (Å²) in [5.74, 6) is -0.869. The van der Waals surface area contributed by atoms with Crippen LogP contribution in [0.25, 0.3) is 0 Å². The number of rotatable bonds is 5. The summed E-state index contributed by atoms with van der Waals surface area (Å²) in [6, 6.07) is 21.4. The molecule has 1 amide bonds. The lowest BCUT2D eigenvalue weighted by Gasteiger charge is -2.10. The maximum absolute atomic E-state index is 12.9. The number of ketones is 1. The maximum Gasteiger partial charge on any atom is 0.252 e. The van der Waals surface area contributed by atoms with Gasteiger partial charge in [-0.2, -0.15) is 0 Å². The third-order valence-electron chi connectivity index (χ3n) is 3.82. The van der Waals surface area contributed by atoms with Crippen LogP contribution in [0.15, 0.2) is 78.9 Å². The van der Waals surface area contributed by atoms with E-state index in [4.69, 9.17) is 0 Å². The van der Waals surface area contributed by atoms with Crippen LogP contribution in [0, 0.1) is 5.82 Å². The van der Waals surface area contributed by atoms with E-state index >= 15 is 0 Å². The van der Waals surface area contributed by atoms with Gasteiger partial charge in [-0.1, -0.05) is 60.7 Å². The van der Waals surface area contributed by atoms with E-state index in [9.17, 15) is 14.0 Å². The van der Waals surface area contributed by atoms with Gasteiger partial charge >= 0.3 is 0 Å². The molecule has 25 heavy (non-hydrogen) atoms. The number of carbonyl (C=O) groups excluding carboxylic acids is 2. The Balaban J connectivity index is 1.79.